The third-order valence-corrected chi connectivity index (χ3v) is 5.58. The number of amides is 1. The van der Waals surface area contributed by atoms with Crippen LogP contribution in [0, 0.1) is 5.92 Å². The number of pyridine rings is 1. The molecule has 30 heavy (non-hydrogen) atoms. The molecule has 0 N–H and O–H groups in total. The fourth-order valence-corrected chi connectivity index (χ4v) is 3.86. The lowest BCUT2D eigenvalue weighted by Gasteiger charge is -2.33. The summed E-state index contributed by atoms with van der Waals surface area (Å²) >= 11 is 0. The molecule has 0 spiro atoms. The van der Waals surface area contributed by atoms with Gasteiger partial charge in [0.05, 0.1) is 0 Å². The van der Waals surface area contributed by atoms with Crippen molar-refractivity contribution in [3.8, 4) is 28.0 Å². The molecule has 4 rings (SSSR count). The summed E-state index contributed by atoms with van der Waals surface area (Å²) in [5.41, 5.74) is 4.47. The Balaban J connectivity index is 1.39. The first-order valence-corrected chi connectivity index (χ1v) is 10.7. The monoisotopic (exact) mass is 400 g/mol. The third kappa shape index (κ3) is 4.70. The average molecular weight is 401 g/mol. The quantitative estimate of drug-likeness (QED) is 0.573. The summed E-state index contributed by atoms with van der Waals surface area (Å²) in [5, 5.41) is 0. The Bertz CT molecular complexity index is 975. The zero-order valence-electron chi connectivity index (χ0n) is 17.6. The van der Waals surface area contributed by atoms with Gasteiger partial charge in [-0.25, -0.2) is 0 Å². The van der Waals surface area contributed by atoms with Crippen LogP contribution in [0.25, 0.3) is 22.3 Å². The van der Waals surface area contributed by atoms with E-state index in [0.717, 1.165) is 53.9 Å². The largest absolute Gasteiger partial charge is 0.490 e. The molecule has 2 aromatic carbocycles. The highest BCUT2D eigenvalue weighted by Crippen LogP contribution is 2.27. The molecular formula is C26H28N2O2. The van der Waals surface area contributed by atoms with Crippen molar-refractivity contribution in [3.63, 3.8) is 0 Å². The Labute approximate surface area is 178 Å². The van der Waals surface area contributed by atoms with E-state index in [1.807, 2.05) is 61.5 Å². The Morgan fingerprint density at radius 3 is 2.10 bits per heavy atom. The second-order valence-corrected chi connectivity index (χ2v) is 8.15. The summed E-state index contributed by atoms with van der Waals surface area (Å²) < 4.78 is 6.17. The second-order valence-electron chi connectivity index (χ2n) is 8.15. The summed E-state index contributed by atoms with van der Waals surface area (Å²) in [6.07, 6.45) is 5.71. The molecule has 0 radical (unpaired) electrons. The number of carbonyl (C=O) groups is 1. The molecule has 3 aromatic rings. The number of piperidine rings is 1. The van der Waals surface area contributed by atoms with Crippen LogP contribution in [0.3, 0.4) is 0 Å². The molecular weight excluding hydrogens is 372 g/mol. The van der Waals surface area contributed by atoms with Gasteiger partial charge in [0.1, 0.15) is 11.9 Å². The van der Waals surface area contributed by atoms with Crippen LogP contribution in [0.15, 0.2) is 73.1 Å². The number of hydrogen-bond acceptors (Lipinski definition) is 3. The Morgan fingerprint density at radius 1 is 0.900 bits per heavy atom. The standard InChI is InChI=1S/C26H28N2O2/c1-19(2)26(29)28-14-12-25(13-15-28)30-24-10-8-21(9-11-24)23-16-22(17-27-18-23)20-6-4-3-5-7-20/h3-11,16-19,25H,12-15H2,1-2H3. The molecule has 0 aliphatic carbocycles. The number of ether oxygens (including phenoxy) is 1. The minimum atomic E-state index is 0.0601. The minimum Gasteiger partial charge on any atom is -0.490 e. The summed E-state index contributed by atoms with van der Waals surface area (Å²) in [7, 11) is 0. The maximum Gasteiger partial charge on any atom is 0.225 e. The fraction of sp³-hybridized carbons (Fsp3) is 0.308. The summed E-state index contributed by atoms with van der Waals surface area (Å²) in [4.78, 5) is 18.5. The van der Waals surface area contributed by atoms with Gasteiger partial charge in [0.2, 0.25) is 5.91 Å². The van der Waals surface area contributed by atoms with Crippen molar-refractivity contribution in [2.75, 3.05) is 13.1 Å². The fourth-order valence-electron chi connectivity index (χ4n) is 3.86. The van der Waals surface area contributed by atoms with Crippen LogP contribution >= 0.6 is 0 Å². The van der Waals surface area contributed by atoms with E-state index in [2.05, 4.69) is 35.3 Å². The van der Waals surface area contributed by atoms with E-state index in [1.165, 1.54) is 0 Å². The van der Waals surface area contributed by atoms with Crippen LogP contribution < -0.4 is 4.74 Å². The van der Waals surface area contributed by atoms with Crippen molar-refractivity contribution in [1.82, 2.24) is 9.88 Å². The predicted molar refractivity (Wildman–Crippen MR) is 120 cm³/mol. The average Bonchev–Trinajstić information content (AvgIpc) is 2.80. The predicted octanol–water partition coefficient (Wildman–Crippen LogP) is 5.44. The highest BCUT2D eigenvalue weighted by molar-refractivity contribution is 5.78. The Morgan fingerprint density at radius 2 is 1.50 bits per heavy atom. The Kier molecular flexibility index (Phi) is 6.12. The van der Waals surface area contributed by atoms with Crippen molar-refractivity contribution in [3.05, 3.63) is 73.1 Å². The molecule has 1 saturated heterocycles. The SMILES string of the molecule is CC(C)C(=O)N1CCC(Oc2ccc(-c3cncc(-c4ccccc4)c3)cc2)CC1. The molecule has 1 aliphatic heterocycles. The van der Waals surface area contributed by atoms with Gasteiger partial charge in [0.15, 0.2) is 0 Å². The van der Waals surface area contributed by atoms with Crippen LogP contribution in [0.2, 0.25) is 0 Å². The summed E-state index contributed by atoms with van der Waals surface area (Å²) in [6, 6.07) is 20.7. The number of benzene rings is 2. The van der Waals surface area contributed by atoms with Crippen LogP contribution in [-0.2, 0) is 4.79 Å². The number of aromatic nitrogens is 1. The maximum absolute atomic E-state index is 12.1. The zero-order chi connectivity index (χ0) is 20.9. The number of hydrogen-bond donors (Lipinski definition) is 0. The van der Waals surface area contributed by atoms with Gasteiger partial charge >= 0.3 is 0 Å². The van der Waals surface area contributed by atoms with E-state index in [1.54, 1.807) is 0 Å². The molecule has 0 saturated carbocycles. The number of rotatable bonds is 5. The molecule has 154 valence electrons. The van der Waals surface area contributed by atoms with Crippen molar-refractivity contribution in [1.29, 1.82) is 0 Å². The molecule has 0 atom stereocenters. The van der Waals surface area contributed by atoms with E-state index in [4.69, 9.17) is 4.74 Å². The van der Waals surface area contributed by atoms with Crippen LogP contribution in [0.1, 0.15) is 26.7 Å². The first-order valence-electron chi connectivity index (χ1n) is 10.7. The van der Waals surface area contributed by atoms with Gasteiger partial charge in [-0.2, -0.15) is 0 Å². The van der Waals surface area contributed by atoms with Crippen molar-refractivity contribution >= 4 is 5.91 Å². The molecule has 1 amide bonds. The van der Waals surface area contributed by atoms with E-state index in [9.17, 15) is 4.79 Å². The molecule has 0 bridgehead atoms. The number of carbonyl (C=O) groups excluding carboxylic acids is 1. The lowest BCUT2D eigenvalue weighted by Crippen LogP contribution is -2.43. The van der Waals surface area contributed by atoms with Crippen molar-refractivity contribution < 1.29 is 9.53 Å². The van der Waals surface area contributed by atoms with Gasteiger partial charge in [-0.15, -0.1) is 0 Å². The Hall–Kier alpha value is -3.14. The van der Waals surface area contributed by atoms with Gasteiger partial charge in [-0.1, -0.05) is 56.3 Å². The maximum atomic E-state index is 12.1. The van der Waals surface area contributed by atoms with E-state index < -0.39 is 0 Å². The highest BCUT2D eigenvalue weighted by Gasteiger charge is 2.25. The van der Waals surface area contributed by atoms with Crippen LogP contribution in [0.4, 0.5) is 0 Å². The van der Waals surface area contributed by atoms with Gasteiger partial charge in [0.25, 0.3) is 0 Å². The third-order valence-electron chi connectivity index (χ3n) is 5.58. The topological polar surface area (TPSA) is 42.4 Å². The van der Waals surface area contributed by atoms with Gasteiger partial charge in [0, 0.05) is 55.4 Å². The molecule has 0 unspecified atom stereocenters. The van der Waals surface area contributed by atoms with E-state index in [-0.39, 0.29) is 17.9 Å². The lowest BCUT2D eigenvalue weighted by atomic mass is 10.0. The summed E-state index contributed by atoms with van der Waals surface area (Å²) in [5.74, 6) is 1.17. The van der Waals surface area contributed by atoms with E-state index in [0.29, 0.717) is 0 Å². The van der Waals surface area contributed by atoms with Crippen molar-refractivity contribution in [2.24, 2.45) is 5.92 Å². The molecule has 1 fully saturated rings. The molecule has 4 nitrogen and oxygen atoms in total. The highest BCUT2D eigenvalue weighted by atomic mass is 16.5. The summed E-state index contributed by atoms with van der Waals surface area (Å²) in [6.45, 7) is 5.46. The molecule has 1 aromatic heterocycles. The first kappa shape index (κ1) is 20.1. The number of nitrogens with zero attached hydrogens (tertiary/aromatic N) is 2. The van der Waals surface area contributed by atoms with Crippen molar-refractivity contribution in [2.45, 2.75) is 32.8 Å². The first-order chi connectivity index (χ1) is 14.6. The minimum absolute atomic E-state index is 0.0601. The molecule has 1 aliphatic rings. The second kappa shape index (κ2) is 9.12. The van der Waals surface area contributed by atoms with Gasteiger partial charge in [-0.05, 0) is 29.3 Å². The molecule has 4 heteroatoms. The smallest absolute Gasteiger partial charge is 0.225 e. The van der Waals surface area contributed by atoms with Gasteiger partial charge in [-0.3, -0.25) is 9.78 Å². The molecule has 2 heterocycles. The zero-order valence-corrected chi connectivity index (χ0v) is 17.6. The lowest BCUT2D eigenvalue weighted by molar-refractivity contribution is -0.136. The van der Waals surface area contributed by atoms with Gasteiger partial charge < -0.3 is 9.64 Å². The normalized spacial score (nSPS) is 14.7. The van der Waals surface area contributed by atoms with Crippen LogP contribution in [0.5, 0.6) is 5.75 Å². The van der Waals surface area contributed by atoms with Crippen LogP contribution in [-0.4, -0.2) is 35.0 Å². The number of likely N-dealkylation sites (tertiary alicyclic amines) is 1. The van der Waals surface area contributed by atoms with E-state index >= 15 is 0 Å².